The van der Waals surface area contributed by atoms with Crippen molar-refractivity contribution in [1.29, 1.82) is 0 Å². The Morgan fingerprint density at radius 3 is 1.81 bits per heavy atom. The summed E-state index contributed by atoms with van der Waals surface area (Å²) in [5.74, 6) is 0. The number of hydrogen-bond acceptors (Lipinski definition) is 0. The van der Waals surface area contributed by atoms with Gasteiger partial charge in [-0.2, -0.15) is 0 Å². The van der Waals surface area contributed by atoms with Crippen molar-refractivity contribution in [3.05, 3.63) is 34.9 Å². The zero-order valence-electron chi connectivity index (χ0n) is 11.1. The lowest BCUT2D eigenvalue weighted by molar-refractivity contribution is 0.917. The standard InChI is InChI=1S/C15H25Br/c1-13(2)7-5-8-14(3)9-6-10-15(4)11-12-16/h7,9,11H,5-6,8,10,12H2,1-4H3/b14-9+,15-11-. The average Bonchev–Trinajstić information content (AvgIpc) is 2.17. The fraction of sp³-hybridized carbons (Fsp3) is 0.600. The van der Waals surface area contributed by atoms with Crippen LogP contribution in [0, 0.1) is 0 Å². The number of allylic oxidation sites excluding steroid dienone is 6. The van der Waals surface area contributed by atoms with E-state index in [1.165, 1.54) is 42.4 Å². The second-order valence-electron chi connectivity index (χ2n) is 4.61. The van der Waals surface area contributed by atoms with E-state index in [4.69, 9.17) is 0 Å². The van der Waals surface area contributed by atoms with E-state index in [9.17, 15) is 0 Å². The molecular formula is C15H25Br. The summed E-state index contributed by atoms with van der Waals surface area (Å²) in [7, 11) is 0. The molecule has 0 aromatic heterocycles. The third kappa shape index (κ3) is 10.2. The smallest absolute Gasteiger partial charge is 0.0214 e. The zero-order chi connectivity index (χ0) is 12.4. The molecule has 0 atom stereocenters. The third-order valence-corrected chi connectivity index (χ3v) is 2.87. The third-order valence-electron chi connectivity index (χ3n) is 2.55. The van der Waals surface area contributed by atoms with Crippen LogP contribution in [0.5, 0.6) is 0 Å². The molecular weight excluding hydrogens is 260 g/mol. The summed E-state index contributed by atoms with van der Waals surface area (Å²) in [4.78, 5) is 0. The van der Waals surface area contributed by atoms with Gasteiger partial charge in [0.25, 0.3) is 0 Å². The van der Waals surface area contributed by atoms with Crippen LogP contribution in [0.3, 0.4) is 0 Å². The summed E-state index contributed by atoms with van der Waals surface area (Å²) >= 11 is 3.42. The highest BCUT2D eigenvalue weighted by Gasteiger charge is 1.91. The highest BCUT2D eigenvalue weighted by molar-refractivity contribution is 9.09. The van der Waals surface area contributed by atoms with Crippen LogP contribution in [-0.4, -0.2) is 5.33 Å². The molecule has 0 N–H and O–H groups in total. The van der Waals surface area contributed by atoms with E-state index >= 15 is 0 Å². The normalized spacial score (nSPS) is 12.8. The van der Waals surface area contributed by atoms with E-state index in [1.54, 1.807) is 0 Å². The Morgan fingerprint density at radius 2 is 1.31 bits per heavy atom. The first-order valence-electron chi connectivity index (χ1n) is 6.07. The van der Waals surface area contributed by atoms with E-state index in [0.717, 1.165) is 5.33 Å². The molecule has 0 aromatic rings. The first-order chi connectivity index (χ1) is 7.56. The first kappa shape index (κ1) is 15.7. The van der Waals surface area contributed by atoms with Crippen molar-refractivity contribution in [2.75, 3.05) is 5.33 Å². The molecule has 0 spiro atoms. The highest BCUT2D eigenvalue weighted by atomic mass is 79.9. The molecule has 0 amide bonds. The van der Waals surface area contributed by atoms with E-state index in [1.807, 2.05) is 0 Å². The molecule has 16 heavy (non-hydrogen) atoms. The molecule has 0 rings (SSSR count). The Kier molecular flexibility index (Phi) is 9.71. The van der Waals surface area contributed by atoms with Crippen LogP contribution >= 0.6 is 15.9 Å². The largest absolute Gasteiger partial charge is 0.0883 e. The molecule has 0 saturated carbocycles. The van der Waals surface area contributed by atoms with Gasteiger partial charge in [0.15, 0.2) is 0 Å². The molecule has 0 aliphatic heterocycles. The van der Waals surface area contributed by atoms with Gasteiger partial charge >= 0.3 is 0 Å². The summed E-state index contributed by atoms with van der Waals surface area (Å²) in [6.07, 6.45) is 11.7. The van der Waals surface area contributed by atoms with Crippen molar-refractivity contribution < 1.29 is 0 Å². The SMILES string of the molecule is CC(C)=CCC/C(C)=C/CC/C(C)=C\CBr. The van der Waals surface area contributed by atoms with Crippen LogP contribution < -0.4 is 0 Å². The fourth-order valence-electron chi connectivity index (χ4n) is 1.47. The van der Waals surface area contributed by atoms with Crippen molar-refractivity contribution >= 4 is 15.9 Å². The van der Waals surface area contributed by atoms with Crippen molar-refractivity contribution in [3.63, 3.8) is 0 Å². The minimum absolute atomic E-state index is 0.974. The van der Waals surface area contributed by atoms with Crippen LogP contribution in [-0.2, 0) is 0 Å². The molecule has 0 heterocycles. The van der Waals surface area contributed by atoms with Crippen molar-refractivity contribution in [2.24, 2.45) is 0 Å². The van der Waals surface area contributed by atoms with Crippen LogP contribution in [0.4, 0.5) is 0 Å². The Balaban J connectivity index is 3.79. The van der Waals surface area contributed by atoms with E-state index in [0.29, 0.717) is 0 Å². The Hall–Kier alpha value is -0.300. The van der Waals surface area contributed by atoms with Gasteiger partial charge in [-0.15, -0.1) is 0 Å². The van der Waals surface area contributed by atoms with Gasteiger partial charge in [0, 0.05) is 5.33 Å². The molecule has 0 bridgehead atoms. The quantitative estimate of drug-likeness (QED) is 0.409. The minimum Gasteiger partial charge on any atom is -0.0883 e. The summed E-state index contributed by atoms with van der Waals surface area (Å²) in [5.41, 5.74) is 4.42. The van der Waals surface area contributed by atoms with E-state index in [2.05, 4.69) is 61.9 Å². The van der Waals surface area contributed by atoms with Crippen LogP contribution in [0.15, 0.2) is 34.9 Å². The molecule has 1 heteroatoms. The molecule has 0 aromatic carbocycles. The lowest BCUT2D eigenvalue weighted by atomic mass is 10.1. The Labute approximate surface area is 110 Å². The van der Waals surface area contributed by atoms with Crippen LogP contribution in [0.25, 0.3) is 0 Å². The van der Waals surface area contributed by atoms with Gasteiger partial charge in [0.1, 0.15) is 0 Å². The molecule has 0 radical (unpaired) electrons. The molecule has 92 valence electrons. The van der Waals surface area contributed by atoms with Gasteiger partial charge < -0.3 is 0 Å². The maximum atomic E-state index is 3.42. The summed E-state index contributed by atoms with van der Waals surface area (Å²) in [5, 5.41) is 0.974. The molecule has 0 aliphatic carbocycles. The summed E-state index contributed by atoms with van der Waals surface area (Å²) < 4.78 is 0. The molecule has 0 saturated heterocycles. The van der Waals surface area contributed by atoms with Crippen molar-refractivity contribution in [2.45, 2.75) is 53.4 Å². The molecule has 0 nitrogen and oxygen atoms in total. The summed E-state index contributed by atoms with van der Waals surface area (Å²) in [6, 6.07) is 0. The number of rotatable bonds is 7. The molecule has 0 fully saturated rings. The Bertz CT molecular complexity index is 265. The predicted molar refractivity (Wildman–Crippen MR) is 79.2 cm³/mol. The first-order valence-corrected chi connectivity index (χ1v) is 7.19. The second-order valence-corrected chi connectivity index (χ2v) is 5.26. The zero-order valence-corrected chi connectivity index (χ0v) is 12.7. The van der Waals surface area contributed by atoms with Gasteiger partial charge in [-0.25, -0.2) is 0 Å². The van der Waals surface area contributed by atoms with E-state index in [-0.39, 0.29) is 0 Å². The number of halogens is 1. The van der Waals surface area contributed by atoms with Crippen molar-refractivity contribution in [3.8, 4) is 0 Å². The molecule has 0 aliphatic rings. The van der Waals surface area contributed by atoms with Crippen LogP contribution in [0.2, 0.25) is 0 Å². The van der Waals surface area contributed by atoms with Gasteiger partial charge in [-0.05, 0) is 53.4 Å². The van der Waals surface area contributed by atoms with Crippen molar-refractivity contribution in [1.82, 2.24) is 0 Å². The second kappa shape index (κ2) is 9.89. The van der Waals surface area contributed by atoms with Crippen LogP contribution in [0.1, 0.15) is 53.4 Å². The predicted octanol–water partition coefficient (Wildman–Crippen LogP) is 5.80. The molecule has 0 unspecified atom stereocenters. The van der Waals surface area contributed by atoms with E-state index < -0.39 is 0 Å². The van der Waals surface area contributed by atoms with Gasteiger partial charge in [-0.1, -0.05) is 50.9 Å². The van der Waals surface area contributed by atoms with Gasteiger partial charge in [-0.3, -0.25) is 0 Å². The van der Waals surface area contributed by atoms with Gasteiger partial charge in [0.05, 0.1) is 0 Å². The lowest BCUT2D eigenvalue weighted by Gasteiger charge is -2.00. The Morgan fingerprint density at radius 1 is 0.812 bits per heavy atom. The van der Waals surface area contributed by atoms with Gasteiger partial charge in [0.2, 0.25) is 0 Å². The maximum absolute atomic E-state index is 3.42. The topological polar surface area (TPSA) is 0 Å². The summed E-state index contributed by atoms with van der Waals surface area (Å²) in [6.45, 7) is 8.76. The minimum atomic E-state index is 0.974. The monoisotopic (exact) mass is 284 g/mol. The lowest BCUT2D eigenvalue weighted by Crippen LogP contribution is -1.81. The average molecular weight is 285 g/mol. The fourth-order valence-corrected chi connectivity index (χ4v) is 2.02. The number of alkyl halides is 1. The highest BCUT2D eigenvalue weighted by Crippen LogP contribution is 2.11. The maximum Gasteiger partial charge on any atom is 0.0214 e. The number of hydrogen-bond donors (Lipinski definition) is 0.